The van der Waals surface area contributed by atoms with E-state index >= 15 is 0 Å². The Morgan fingerprint density at radius 3 is 2.56 bits per heavy atom. The zero-order valence-electron chi connectivity index (χ0n) is 20.7. The minimum atomic E-state index is 0.0662. The molecule has 2 atom stereocenters. The highest BCUT2D eigenvalue weighted by Gasteiger charge is 2.48. The summed E-state index contributed by atoms with van der Waals surface area (Å²) in [5, 5.41) is 21.4. The van der Waals surface area contributed by atoms with Crippen LogP contribution in [0.15, 0.2) is 67.3 Å². The zero-order valence-corrected chi connectivity index (χ0v) is 20.7. The minimum absolute atomic E-state index is 0.0662. The highest BCUT2D eigenvalue weighted by atomic mass is 15.6. The molecule has 4 aromatic rings. The standard InChI is InChI=1S/C27H34N9/c1-2-7-22(8-3-1)19-34-27(31-32-33-34)26(23-11-13-24(14-12-23)35-21-29-20-30-35)36(25-9-4-5-10-25)17-6-15-28-16-18-36/h1-3,7-8,11-14,20-21,25-26,28H,4-6,9-10,15-19H2/q+1. The van der Waals surface area contributed by atoms with E-state index in [1.165, 1.54) is 36.8 Å². The van der Waals surface area contributed by atoms with E-state index in [2.05, 4.69) is 74.4 Å². The summed E-state index contributed by atoms with van der Waals surface area (Å²) in [6, 6.07) is 20.0. The van der Waals surface area contributed by atoms with E-state index in [9.17, 15) is 0 Å². The number of benzene rings is 2. The van der Waals surface area contributed by atoms with E-state index in [1.807, 2.05) is 10.7 Å². The molecule has 3 heterocycles. The van der Waals surface area contributed by atoms with Crippen molar-refractivity contribution >= 4 is 0 Å². The predicted molar refractivity (Wildman–Crippen MR) is 136 cm³/mol. The summed E-state index contributed by atoms with van der Waals surface area (Å²) in [5.74, 6) is 0.959. The average molecular weight is 485 g/mol. The molecule has 1 N–H and O–H groups in total. The summed E-state index contributed by atoms with van der Waals surface area (Å²) in [7, 11) is 0. The van der Waals surface area contributed by atoms with Crippen molar-refractivity contribution in [2.24, 2.45) is 0 Å². The van der Waals surface area contributed by atoms with Crippen LogP contribution in [0.3, 0.4) is 0 Å². The fourth-order valence-electron chi connectivity index (χ4n) is 6.38. The number of quaternary nitrogens is 1. The zero-order chi connectivity index (χ0) is 24.2. The molecule has 0 bridgehead atoms. The molecule has 2 aliphatic rings. The Bertz CT molecular complexity index is 1220. The van der Waals surface area contributed by atoms with E-state index in [0.29, 0.717) is 12.6 Å². The van der Waals surface area contributed by atoms with Gasteiger partial charge in [0.05, 0.1) is 31.4 Å². The lowest BCUT2D eigenvalue weighted by molar-refractivity contribution is -0.972. The lowest BCUT2D eigenvalue weighted by atomic mass is 9.95. The molecule has 9 nitrogen and oxygen atoms in total. The van der Waals surface area contributed by atoms with Crippen LogP contribution in [0.5, 0.6) is 0 Å². The third-order valence-corrected chi connectivity index (χ3v) is 8.07. The Kier molecular flexibility index (Phi) is 6.57. The molecule has 0 radical (unpaired) electrons. The maximum Gasteiger partial charge on any atom is 0.214 e. The molecule has 2 unspecified atom stereocenters. The molecular formula is C27H34N9+. The van der Waals surface area contributed by atoms with Gasteiger partial charge in [0.1, 0.15) is 12.7 Å². The Labute approximate surface area is 211 Å². The number of nitrogens with one attached hydrogen (secondary N) is 1. The van der Waals surface area contributed by atoms with Crippen molar-refractivity contribution in [1.82, 2.24) is 40.3 Å². The van der Waals surface area contributed by atoms with Crippen LogP contribution in [0.1, 0.15) is 55.1 Å². The van der Waals surface area contributed by atoms with Crippen LogP contribution in [0, 0.1) is 0 Å². The van der Waals surface area contributed by atoms with Crippen molar-refractivity contribution in [3.63, 3.8) is 0 Å². The monoisotopic (exact) mass is 484 g/mol. The molecule has 0 amide bonds. The van der Waals surface area contributed by atoms with Crippen molar-refractivity contribution in [3.8, 4) is 5.69 Å². The van der Waals surface area contributed by atoms with Crippen LogP contribution >= 0.6 is 0 Å². The SMILES string of the molecule is c1ccc(Cn2nnnc2C(c2ccc(-n3cncn3)cc2)[N+]2(C3CCCC3)CCCNCC2)cc1. The van der Waals surface area contributed by atoms with Crippen LogP contribution in [-0.4, -0.2) is 71.7 Å². The van der Waals surface area contributed by atoms with E-state index in [0.717, 1.165) is 48.6 Å². The average Bonchev–Trinajstić information content (AvgIpc) is 3.69. The normalized spacial score (nSPS) is 21.9. The number of rotatable bonds is 7. The number of tetrazole rings is 1. The van der Waals surface area contributed by atoms with Gasteiger partial charge in [-0.3, -0.25) is 0 Å². The lowest BCUT2D eigenvalue weighted by Gasteiger charge is -2.48. The molecule has 9 heteroatoms. The van der Waals surface area contributed by atoms with Gasteiger partial charge in [0.15, 0.2) is 6.04 Å². The summed E-state index contributed by atoms with van der Waals surface area (Å²) in [6.07, 6.45) is 9.63. The van der Waals surface area contributed by atoms with Crippen molar-refractivity contribution in [2.45, 2.75) is 50.7 Å². The molecule has 2 fully saturated rings. The quantitative estimate of drug-likeness (QED) is 0.406. The van der Waals surface area contributed by atoms with Gasteiger partial charge in [-0.05, 0) is 53.8 Å². The highest BCUT2D eigenvalue weighted by molar-refractivity contribution is 5.36. The molecule has 1 saturated carbocycles. The lowest BCUT2D eigenvalue weighted by Crippen LogP contribution is -2.59. The van der Waals surface area contributed by atoms with Gasteiger partial charge in [-0.15, -0.1) is 5.10 Å². The molecule has 2 aromatic heterocycles. The van der Waals surface area contributed by atoms with Gasteiger partial charge in [-0.1, -0.05) is 42.5 Å². The number of hydrogen-bond donors (Lipinski definition) is 1. The van der Waals surface area contributed by atoms with E-state index in [1.54, 1.807) is 17.3 Å². The Balaban J connectivity index is 1.46. The van der Waals surface area contributed by atoms with Crippen molar-refractivity contribution in [1.29, 1.82) is 0 Å². The second-order valence-corrected chi connectivity index (χ2v) is 10.1. The largest absolute Gasteiger partial charge is 0.311 e. The molecule has 6 rings (SSSR count). The van der Waals surface area contributed by atoms with Gasteiger partial charge in [-0.2, -0.15) is 5.10 Å². The van der Waals surface area contributed by atoms with Crippen LogP contribution in [0.25, 0.3) is 5.69 Å². The van der Waals surface area contributed by atoms with Gasteiger partial charge in [-0.25, -0.2) is 14.3 Å². The van der Waals surface area contributed by atoms with Crippen molar-refractivity contribution in [2.75, 3.05) is 26.2 Å². The highest BCUT2D eigenvalue weighted by Crippen LogP contribution is 2.42. The summed E-state index contributed by atoms with van der Waals surface area (Å²) in [5.41, 5.74) is 3.47. The Morgan fingerprint density at radius 1 is 0.944 bits per heavy atom. The van der Waals surface area contributed by atoms with Crippen LogP contribution in [-0.2, 0) is 6.54 Å². The predicted octanol–water partition coefficient (Wildman–Crippen LogP) is 3.14. The fraction of sp³-hybridized carbons (Fsp3) is 0.444. The number of aromatic nitrogens is 7. The molecule has 2 aromatic carbocycles. The molecule has 0 spiro atoms. The summed E-state index contributed by atoms with van der Waals surface area (Å²) in [6.45, 7) is 4.97. The summed E-state index contributed by atoms with van der Waals surface area (Å²) in [4.78, 5) is 4.11. The van der Waals surface area contributed by atoms with E-state index < -0.39 is 0 Å². The first-order valence-corrected chi connectivity index (χ1v) is 13.2. The molecule has 1 saturated heterocycles. The number of hydrogen-bond acceptors (Lipinski definition) is 6. The van der Waals surface area contributed by atoms with Crippen LogP contribution in [0.2, 0.25) is 0 Å². The fourth-order valence-corrected chi connectivity index (χ4v) is 6.38. The van der Waals surface area contributed by atoms with Gasteiger partial charge in [0.2, 0.25) is 5.82 Å². The van der Waals surface area contributed by atoms with E-state index in [4.69, 9.17) is 5.10 Å². The summed E-state index contributed by atoms with van der Waals surface area (Å²) < 4.78 is 4.85. The number of nitrogens with zero attached hydrogens (tertiary/aromatic N) is 8. The maximum absolute atomic E-state index is 4.72. The molecule has 1 aliphatic carbocycles. The second-order valence-electron chi connectivity index (χ2n) is 10.1. The van der Waals surface area contributed by atoms with E-state index in [-0.39, 0.29) is 6.04 Å². The van der Waals surface area contributed by atoms with Crippen LogP contribution < -0.4 is 5.32 Å². The van der Waals surface area contributed by atoms with Crippen molar-refractivity contribution in [3.05, 3.63) is 84.2 Å². The smallest absolute Gasteiger partial charge is 0.214 e. The third-order valence-electron chi connectivity index (χ3n) is 8.07. The molecule has 1 aliphatic heterocycles. The Morgan fingerprint density at radius 2 is 1.78 bits per heavy atom. The van der Waals surface area contributed by atoms with Crippen molar-refractivity contribution < 1.29 is 4.48 Å². The van der Waals surface area contributed by atoms with Gasteiger partial charge >= 0.3 is 0 Å². The summed E-state index contributed by atoms with van der Waals surface area (Å²) >= 11 is 0. The first kappa shape index (κ1) is 23.0. The molecular weight excluding hydrogens is 450 g/mol. The first-order valence-electron chi connectivity index (χ1n) is 13.2. The van der Waals surface area contributed by atoms with Gasteiger partial charge in [0.25, 0.3) is 0 Å². The molecule has 186 valence electrons. The first-order chi connectivity index (χ1) is 17.8. The molecule has 36 heavy (non-hydrogen) atoms. The topological polar surface area (TPSA) is 86.3 Å². The Hall–Kier alpha value is -3.43. The maximum atomic E-state index is 4.72. The second kappa shape index (κ2) is 10.3. The van der Waals surface area contributed by atoms with Crippen LogP contribution in [0.4, 0.5) is 0 Å². The minimum Gasteiger partial charge on any atom is -0.311 e. The third kappa shape index (κ3) is 4.44. The van der Waals surface area contributed by atoms with Gasteiger partial charge in [0, 0.05) is 25.1 Å². The van der Waals surface area contributed by atoms with Gasteiger partial charge < -0.3 is 9.80 Å².